The van der Waals surface area contributed by atoms with Crippen LogP contribution in [0.15, 0.2) is 68.6 Å². The quantitative estimate of drug-likeness (QED) is 0.0759. The van der Waals surface area contributed by atoms with Gasteiger partial charge in [-0.25, -0.2) is 9.59 Å². The fraction of sp³-hybridized carbons (Fsp3) is 0.429. The maximum absolute atomic E-state index is 12.4. The van der Waals surface area contributed by atoms with Crippen LogP contribution in [0, 0.1) is 13.8 Å². The molecule has 0 aliphatic rings. The molecular weight excluding hydrogens is 685 g/mol. The molecule has 0 aliphatic heterocycles. The number of rotatable bonds is 17. The van der Waals surface area contributed by atoms with Gasteiger partial charge in [-0.05, 0) is 52.0 Å². The van der Waals surface area contributed by atoms with Gasteiger partial charge >= 0.3 is 32.2 Å². The molecule has 0 bridgehead atoms. The highest BCUT2D eigenvalue weighted by Gasteiger charge is 2.21. The summed E-state index contributed by atoms with van der Waals surface area (Å²) < 4.78 is 79.8. The monoisotopic (exact) mass is 720 g/mol. The fourth-order valence-corrected chi connectivity index (χ4v) is 5.88. The molecule has 0 aromatic heterocycles. The fourth-order valence-electron chi connectivity index (χ4n) is 3.01. The van der Waals surface area contributed by atoms with Gasteiger partial charge in [0.05, 0.1) is 39.6 Å². The van der Waals surface area contributed by atoms with E-state index in [0.29, 0.717) is 0 Å². The van der Waals surface area contributed by atoms with Crippen LogP contribution in [-0.4, -0.2) is 90.0 Å². The molecule has 0 unspecified atom stereocenters. The first-order valence-corrected chi connectivity index (χ1v) is 18.6. The molecule has 2 aromatic rings. The Morgan fingerprint density at radius 1 is 0.609 bits per heavy atom. The highest BCUT2D eigenvalue weighted by molar-refractivity contribution is 8.16. The van der Waals surface area contributed by atoms with Crippen molar-refractivity contribution in [3.63, 3.8) is 0 Å². The van der Waals surface area contributed by atoms with E-state index in [2.05, 4.69) is 10.3 Å². The highest BCUT2D eigenvalue weighted by atomic mass is 32.2. The summed E-state index contributed by atoms with van der Waals surface area (Å²) in [7, 11) is -8.46. The minimum absolute atomic E-state index is 0.0575. The van der Waals surface area contributed by atoms with Crippen LogP contribution in [0.4, 0.5) is 0 Å². The molecule has 0 aliphatic carbocycles. The second-order valence-corrected chi connectivity index (χ2v) is 14.1. The number of aryl methyl sites for hydroxylation is 2. The van der Waals surface area contributed by atoms with Gasteiger partial charge in [-0.1, -0.05) is 69.2 Å². The summed E-state index contributed by atoms with van der Waals surface area (Å²) in [4.78, 5) is 24.2. The molecule has 0 N–H and O–H groups in total. The first-order chi connectivity index (χ1) is 21.9. The predicted octanol–water partition coefficient (Wildman–Crippen LogP) is 3.67. The molecule has 0 radical (unpaired) electrons. The first-order valence-electron chi connectivity index (χ1n) is 13.8. The van der Waals surface area contributed by atoms with E-state index >= 15 is 0 Å². The Labute approximate surface area is 277 Å². The molecule has 0 saturated carbocycles. The van der Waals surface area contributed by atoms with E-state index in [1.807, 2.05) is 0 Å². The van der Waals surface area contributed by atoms with Crippen molar-refractivity contribution in [2.24, 2.45) is 10.3 Å². The predicted molar refractivity (Wildman–Crippen MR) is 174 cm³/mol. The molecule has 2 rings (SSSR count). The van der Waals surface area contributed by atoms with Gasteiger partial charge in [-0.15, -0.1) is 0 Å². The lowest BCUT2D eigenvalue weighted by atomic mass is 10.2. The lowest BCUT2D eigenvalue weighted by Crippen LogP contribution is -2.18. The normalized spacial score (nSPS) is 12.4. The Hall–Kier alpha value is -3.16. The van der Waals surface area contributed by atoms with Crippen LogP contribution in [-0.2, 0) is 57.3 Å². The molecule has 14 nitrogen and oxygen atoms in total. The maximum Gasteiger partial charge on any atom is 0.367 e. The van der Waals surface area contributed by atoms with Gasteiger partial charge in [0.25, 0.3) is 0 Å². The zero-order valence-electron chi connectivity index (χ0n) is 25.7. The van der Waals surface area contributed by atoms with Crippen molar-refractivity contribution in [2.75, 3.05) is 51.1 Å². The molecule has 0 spiro atoms. The molecule has 18 heteroatoms. The lowest BCUT2D eigenvalue weighted by molar-refractivity contribution is -0.135. The molecule has 46 heavy (non-hydrogen) atoms. The Morgan fingerprint density at radius 3 is 1.28 bits per heavy atom. The first kappa shape index (κ1) is 39.0. The summed E-state index contributed by atoms with van der Waals surface area (Å²) in [5.41, 5.74) is 1.73. The Balaban J connectivity index is 1.76. The van der Waals surface area contributed by atoms with Gasteiger partial charge in [0.2, 0.25) is 10.1 Å². The number of thioether (sulfide) groups is 2. The number of hydrogen-bond acceptors (Lipinski definition) is 16. The van der Waals surface area contributed by atoms with Crippen LogP contribution < -0.4 is 0 Å². The number of hydrogen-bond donors (Lipinski definition) is 0. The molecular formula is C28H36N2O12S4. The van der Waals surface area contributed by atoms with E-state index < -0.39 is 32.2 Å². The second kappa shape index (κ2) is 20.2. The Bertz CT molecular complexity index is 1430. The third-order valence-electron chi connectivity index (χ3n) is 5.26. The third-order valence-corrected chi connectivity index (χ3v) is 9.27. The van der Waals surface area contributed by atoms with E-state index in [-0.39, 0.29) is 71.0 Å². The van der Waals surface area contributed by atoms with E-state index in [1.165, 1.54) is 24.3 Å². The molecule has 0 heterocycles. The summed E-state index contributed by atoms with van der Waals surface area (Å²) in [6.07, 6.45) is 0. The average molecular weight is 721 g/mol. The number of nitrogens with zero attached hydrogens (tertiary/aromatic N) is 2. The van der Waals surface area contributed by atoms with Gasteiger partial charge in [0, 0.05) is 11.5 Å². The smallest absolute Gasteiger partial charge is 0.367 e. The molecule has 254 valence electrons. The van der Waals surface area contributed by atoms with Gasteiger partial charge in [-0.3, -0.25) is 8.57 Å². The van der Waals surface area contributed by atoms with Crippen LogP contribution in [0.5, 0.6) is 0 Å². The van der Waals surface area contributed by atoms with Crippen molar-refractivity contribution in [3.05, 3.63) is 59.7 Å². The summed E-state index contributed by atoms with van der Waals surface area (Å²) in [5, 5.41) is 6.45. The largest absolute Gasteiger partial charge is 0.461 e. The minimum atomic E-state index is -4.23. The van der Waals surface area contributed by atoms with Crippen molar-refractivity contribution >= 4 is 65.8 Å². The van der Waals surface area contributed by atoms with Gasteiger partial charge in [-0.2, -0.15) is 16.8 Å². The molecule has 0 amide bonds. The number of ether oxygens (including phenoxy) is 4. The molecule has 0 atom stereocenters. The molecule has 2 aromatic carbocycles. The minimum Gasteiger partial charge on any atom is -0.461 e. The summed E-state index contributed by atoms with van der Waals surface area (Å²) in [6.45, 7) is 7.63. The molecule has 0 fully saturated rings. The topological polar surface area (TPSA) is 183 Å². The van der Waals surface area contributed by atoms with Crippen molar-refractivity contribution in [2.45, 2.75) is 37.5 Å². The van der Waals surface area contributed by atoms with Crippen LogP contribution in [0.3, 0.4) is 0 Å². The third kappa shape index (κ3) is 14.1. The van der Waals surface area contributed by atoms with E-state index in [0.717, 1.165) is 34.7 Å². The van der Waals surface area contributed by atoms with Crippen LogP contribution in [0.2, 0.25) is 0 Å². The summed E-state index contributed by atoms with van der Waals surface area (Å²) in [5.74, 6) is -1.22. The SMILES string of the molecule is CCOC(=O)C(=NOS(=O)(=O)c1ccc(C)cc1)SCCOCCOCCSC(=NOS(=O)(=O)c1ccc(C)cc1)C(=O)OCC. The van der Waals surface area contributed by atoms with Crippen molar-refractivity contribution < 1.29 is 53.9 Å². The van der Waals surface area contributed by atoms with E-state index in [1.54, 1.807) is 52.0 Å². The number of oxime groups is 2. The highest BCUT2D eigenvalue weighted by Crippen LogP contribution is 2.17. The standard InChI is InChI=1S/C28H36N2O12S4/c1-5-39-27(31)25(29-41-45(33,34)23-11-7-21(3)8-12-23)43-19-17-37-15-16-38-18-20-44-26(28(32)40-6-2)30-42-46(35,36)24-13-9-22(4)10-14-24/h7-14H,5-6,15-20H2,1-4H3. The number of benzene rings is 2. The van der Waals surface area contributed by atoms with Gasteiger partial charge in [0.15, 0.2) is 0 Å². The van der Waals surface area contributed by atoms with Crippen LogP contribution in [0.25, 0.3) is 0 Å². The lowest BCUT2D eigenvalue weighted by Gasteiger charge is -2.08. The number of carbonyl (C=O) groups is 2. The van der Waals surface area contributed by atoms with E-state index in [9.17, 15) is 26.4 Å². The van der Waals surface area contributed by atoms with Crippen molar-refractivity contribution in [1.29, 1.82) is 0 Å². The van der Waals surface area contributed by atoms with Crippen molar-refractivity contribution in [3.8, 4) is 0 Å². The summed E-state index contributed by atoms with van der Waals surface area (Å²) >= 11 is 1.80. The van der Waals surface area contributed by atoms with Crippen LogP contribution >= 0.6 is 23.5 Å². The Kier molecular flexibility index (Phi) is 17.1. The van der Waals surface area contributed by atoms with Crippen molar-refractivity contribution in [1.82, 2.24) is 0 Å². The second-order valence-electron chi connectivity index (χ2n) is 8.84. The van der Waals surface area contributed by atoms with E-state index in [4.69, 9.17) is 27.5 Å². The Morgan fingerprint density at radius 2 is 0.957 bits per heavy atom. The molecule has 0 saturated heterocycles. The average Bonchev–Trinajstić information content (AvgIpc) is 3.01. The zero-order chi connectivity index (χ0) is 34.0. The number of esters is 2. The maximum atomic E-state index is 12.4. The number of carbonyl (C=O) groups excluding carboxylic acids is 2. The summed E-state index contributed by atoms with van der Waals surface area (Å²) in [6, 6.07) is 11.9. The van der Waals surface area contributed by atoms with Crippen LogP contribution in [0.1, 0.15) is 25.0 Å². The zero-order valence-corrected chi connectivity index (χ0v) is 29.0. The van der Waals surface area contributed by atoms with Gasteiger partial charge < -0.3 is 18.9 Å². The van der Waals surface area contributed by atoms with Gasteiger partial charge in [0.1, 0.15) is 9.79 Å².